The fourth-order valence-electron chi connectivity index (χ4n) is 11.0. The second kappa shape index (κ2) is 9.24. The molecule has 1 heterocycles. The lowest BCUT2D eigenvalue weighted by Crippen LogP contribution is -2.71. The Morgan fingerprint density at radius 3 is 2.63 bits per heavy atom. The fourth-order valence-corrected chi connectivity index (χ4v) is 11.0. The van der Waals surface area contributed by atoms with Crippen molar-refractivity contribution >= 4 is 5.78 Å². The van der Waals surface area contributed by atoms with Gasteiger partial charge in [0.1, 0.15) is 5.78 Å². The Kier molecular flexibility index (Phi) is 6.80. The van der Waals surface area contributed by atoms with Gasteiger partial charge >= 0.3 is 0 Å². The van der Waals surface area contributed by atoms with E-state index in [1.807, 2.05) is 0 Å². The van der Waals surface area contributed by atoms with Crippen molar-refractivity contribution in [1.82, 2.24) is 10.2 Å². The van der Waals surface area contributed by atoms with Crippen LogP contribution in [0.1, 0.15) is 86.0 Å². The number of carbonyl (C=O) groups excluding carboxylic acids is 1. The second-order valence-corrected chi connectivity index (χ2v) is 15.2. The Morgan fingerprint density at radius 1 is 1.24 bits per heavy atom. The molecule has 0 aromatic carbocycles. The van der Waals surface area contributed by atoms with Gasteiger partial charge in [-0.3, -0.25) is 4.79 Å². The highest BCUT2D eigenvalue weighted by Gasteiger charge is 2.80. The number of likely N-dealkylation sites (tertiary alicyclic amines) is 1. The normalized spacial score (nSPS) is 50.2. The van der Waals surface area contributed by atoms with Crippen LogP contribution in [-0.4, -0.2) is 42.0 Å². The van der Waals surface area contributed by atoms with Crippen molar-refractivity contribution < 1.29 is 9.90 Å². The Hall–Kier alpha value is -1.57. The van der Waals surface area contributed by atoms with E-state index >= 15 is 0 Å². The van der Waals surface area contributed by atoms with Crippen LogP contribution < -0.4 is 5.32 Å². The molecule has 2 spiro atoms. The van der Waals surface area contributed by atoms with Crippen LogP contribution in [0.15, 0.2) is 24.6 Å². The van der Waals surface area contributed by atoms with E-state index in [0.29, 0.717) is 42.3 Å². The van der Waals surface area contributed by atoms with Crippen molar-refractivity contribution in [1.29, 1.82) is 0 Å². The van der Waals surface area contributed by atoms with Crippen molar-refractivity contribution in [2.75, 3.05) is 20.1 Å². The molecule has 0 aromatic rings. The standard InChI is InChI=1S/C34H52N2O2/c1-10-13-31(7)18-26(16-23(4)35-25(6)27-19-36(9)15-12-21(27)2)32(8)22(3)17-34-20-33(30(32)34,14-11-28(34)37)24(5)29(31)38/h1,21-22,24,26-27,29-30,35,38H,4,6,11-20H2,2-3,5,7-9H3/t21?,22?,24-,26+,27?,29?,30?,31+,32-,33?,34?/m0/s1. The summed E-state index contributed by atoms with van der Waals surface area (Å²) >= 11 is 0. The van der Waals surface area contributed by atoms with Crippen molar-refractivity contribution in [3.8, 4) is 12.3 Å². The minimum absolute atomic E-state index is 0.00287. The summed E-state index contributed by atoms with van der Waals surface area (Å²) in [7, 11) is 2.19. The smallest absolute Gasteiger partial charge is 0.139 e. The maximum Gasteiger partial charge on any atom is 0.139 e. The summed E-state index contributed by atoms with van der Waals surface area (Å²) < 4.78 is 0. The first-order chi connectivity index (χ1) is 17.7. The molecular formula is C34H52N2O2. The SMILES string of the molecule is C#CC[C@]1(C)C[C@@H](CC(=C)NC(=C)C2CN(C)CCC2C)[C@]2(C)C(C)CC34CC(CCC3=O)(C42)[C@@H](C)C1O. The third-order valence-corrected chi connectivity index (χ3v) is 13.1. The van der Waals surface area contributed by atoms with Gasteiger partial charge < -0.3 is 15.3 Å². The van der Waals surface area contributed by atoms with Gasteiger partial charge in [-0.05, 0) is 92.5 Å². The van der Waals surface area contributed by atoms with Crippen LogP contribution in [0.4, 0.5) is 0 Å². The van der Waals surface area contributed by atoms with Gasteiger partial charge in [0.25, 0.3) is 0 Å². The molecule has 5 rings (SSSR count). The maximum absolute atomic E-state index is 13.5. The number of carbonyl (C=O) groups is 1. The molecule has 2 bridgehead atoms. The maximum atomic E-state index is 13.5. The lowest BCUT2D eigenvalue weighted by atomic mass is 9.31. The Morgan fingerprint density at radius 2 is 1.95 bits per heavy atom. The highest BCUT2D eigenvalue weighted by Crippen LogP contribution is 2.83. The summed E-state index contributed by atoms with van der Waals surface area (Å²) in [5.74, 6) is 5.65. The molecule has 4 nitrogen and oxygen atoms in total. The number of ketones is 1. The number of nitrogens with one attached hydrogen (secondary N) is 1. The summed E-state index contributed by atoms with van der Waals surface area (Å²) in [6.45, 7) is 22.9. The fraction of sp³-hybridized carbons (Fsp3) is 0.794. The molecule has 1 saturated heterocycles. The number of terminal acetylenes is 1. The largest absolute Gasteiger partial charge is 0.392 e. The van der Waals surface area contributed by atoms with Crippen LogP contribution in [0.5, 0.6) is 0 Å². The molecule has 0 amide bonds. The molecule has 4 aliphatic carbocycles. The molecule has 5 aliphatic rings. The number of piperidine rings is 1. The summed E-state index contributed by atoms with van der Waals surface area (Å²) in [6, 6.07) is 0. The van der Waals surface area contributed by atoms with Crippen molar-refractivity contribution in [2.24, 2.45) is 57.2 Å². The minimum Gasteiger partial charge on any atom is -0.392 e. The minimum atomic E-state index is -0.470. The van der Waals surface area contributed by atoms with Crippen molar-refractivity contribution in [2.45, 2.75) is 92.1 Å². The number of aliphatic hydroxyl groups is 1. The molecule has 38 heavy (non-hydrogen) atoms. The molecule has 4 saturated carbocycles. The molecule has 210 valence electrons. The summed E-state index contributed by atoms with van der Waals surface area (Å²) in [5, 5.41) is 15.6. The van der Waals surface area contributed by atoms with E-state index < -0.39 is 6.10 Å². The van der Waals surface area contributed by atoms with Gasteiger partial charge in [0.15, 0.2) is 0 Å². The monoisotopic (exact) mass is 520 g/mol. The number of nitrogens with zero attached hydrogens (tertiary/aromatic N) is 1. The van der Waals surface area contributed by atoms with E-state index in [2.05, 4.69) is 71.0 Å². The molecule has 5 fully saturated rings. The van der Waals surface area contributed by atoms with Crippen molar-refractivity contribution in [3.63, 3.8) is 0 Å². The van der Waals surface area contributed by atoms with Gasteiger partial charge in [0.2, 0.25) is 0 Å². The summed E-state index contributed by atoms with van der Waals surface area (Å²) in [4.78, 5) is 15.9. The predicted octanol–water partition coefficient (Wildman–Crippen LogP) is 6.03. The average molecular weight is 521 g/mol. The first-order valence-corrected chi connectivity index (χ1v) is 15.2. The van der Waals surface area contributed by atoms with E-state index in [-0.39, 0.29) is 33.5 Å². The quantitative estimate of drug-likeness (QED) is 0.420. The molecule has 0 radical (unpaired) electrons. The zero-order chi connectivity index (χ0) is 27.8. The first kappa shape index (κ1) is 28.0. The van der Waals surface area contributed by atoms with Gasteiger partial charge in [-0.25, -0.2) is 0 Å². The van der Waals surface area contributed by atoms with Crippen LogP contribution >= 0.6 is 0 Å². The predicted molar refractivity (Wildman–Crippen MR) is 155 cm³/mol. The lowest BCUT2D eigenvalue weighted by molar-refractivity contribution is -0.251. The highest BCUT2D eigenvalue weighted by molar-refractivity contribution is 5.89. The number of aliphatic hydroxyl groups excluding tert-OH is 1. The molecule has 1 aliphatic heterocycles. The Balaban J connectivity index is 1.48. The van der Waals surface area contributed by atoms with Gasteiger partial charge in [-0.15, -0.1) is 12.3 Å². The molecular weight excluding hydrogens is 468 g/mol. The number of Topliss-reactive ketones (excluding diaryl/α,β-unsaturated/α-hetero) is 1. The summed E-state index contributed by atoms with van der Waals surface area (Å²) in [5.41, 5.74) is 1.59. The Labute approximate surface area is 232 Å². The van der Waals surface area contributed by atoms with Crippen LogP contribution in [-0.2, 0) is 4.79 Å². The van der Waals surface area contributed by atoms with E-state index in [1.54, 1.807) is 0 Å². The first-order valence-electron chi connectivity index (χ1n) is 15.2. The van der Waals surface area contributed by atoms with E-state index in [9.17, 15) is 9.90 Å². The zero-order valence-electron chi connectivity index (χ0n) is 24.9. The van der Waals surface area contributed by atoms with Crippen LogP contribution in [0.2, 0.25) is 0 Å². The van der Waals surface area contributed by atoms with Crippen LogP contribution in [0, 0.1) is 69.5 Å². The third kappa shape index (κ3) is 3.74. The number of allylic oxidation sites excluding steroid dienone is 1. The lowest BCUT2D eigenvalue weighted by Gasteiger charge is -2.72. The average Bonchev–Trinajstić information content (AvgIpc) is 3.03. The topological polar surface area (TPSA) is 52.6 Å². The molecule has 0 aromatic heterocycles. The van der Waals surface area contributed by atoms with Gasteiger partial charge in [0, 0.05) is 47.5 Å². The van der Waals surface area contributed by atoms with E-state index in [4.69, 9.17) is 6.42 Å². The highest BCUT2D eigenvalue weighted by atomic mass is 16.3. The molecule has 4 heteroatoms. The third-order valence-electron chi connectivity index (χ3n) is 13.1. The summed E-state index contributed by atoms with van der Waals surface area (Å²) in [6.07, 6.45) is 12.5. The molecule has 7 unspecified atom stereocenters. The second-order valence-electron chi connectivity index (χ2n) is 15.2. The Bertz CT molecular complexity index is 1060. The van der Waals surface area contributed by atoms with E-state index in [1.165, 1.54) is 6.42 Å². The van der Waals surface area contributed by atoms with Crippen LogP contribution in [0.3, 0.4) is 0 Å². The van der Waals surface area contributed by atoms with Gasteiger partial charge in [-0.2, -0.15) is 0 Å². The van der Waals surface area contributed by atoms with Gasteiger partial charge in [0.05, 0.1) is 6.10 Å². The van der Waals surface area contributed by atoms with Gasteiger partial charge in [-0.1, -0.05) is 47.8 Å². The molecule has 11 atom stereocenters. The molecule has 2 N–H and O–H groups in total. The number of hydrogen-bond acceptors (Lipinski definition) is 4. The zero-order valence-corrected chi connectivity index (χ0v) is 24.9. The van der Waals surface area contributed by atoms with Crippen molar-refractivity contribution in [3.05, 3.63) is 24.6 Å². The number of hydrogen-bond donors (Lipinski definition) is 2. The van der Waals surface area contributed by atoms with E-state index in [0.717, 1.165) is 56.6 Å². The number of rotatable bonds is 6. The van der Waals surface area contributed by atoms with Crippen LogP contribution in [0.25, 0.3) is 0 Å².